The molecule has 2 bridgehead atoms. The molecule has 6 heteroatoms. The Bertz CT molecular complexity index is 894. The molecule has 1 aliphatic carbocycles. The molecule has 2 aromatic rings. The number of ether oxygens (including phenoxy) is 5. The minimum absolute atomic E-state index is 0.105. The normalized spacial score (nSPS) is 28.7. The van der Waals surface area contributed by atoms with E-state index in [1.54, 1.807) is 7.11 Å². The first kappa shape index (κ1) is 23.9. The second-order valence-electron chi connectivity index (χ2n) is 9.76. The van der Waals surface area contributed by atoms with E-state index in [0.29, 0.717) is 13.2 Å². The molecule has 33 heavy (non-hydrogen) atoms. The van der Waals surface area contributed by atoms with Crippen LogP contribution in [0.3, 0.4) is 0 Å². The van der Waals surface area contributed by atoms with Gasteiger partial charge in [-0.05, 0) is 31.9 Å². The van der Waals surface area contributed by atoms with Crippen molar-refractivity contribution in [3.8, 4) is 0 Å². The van der Waals surface area contributed by atoms with Crippen molar-refractivity contribution in [2.75, 3.05) is 7.11 Å². The molecule has 1 saturated heterocycles. The highest BCUT2D eigenvalue weighted by Gasteiger charge is 2.62. The highest BCUT2D eigenvalue weighted by atomic mass is 16.7. The number of fused-ring (bicyclic) bond motifs is 2. The number of esters is 1. The van der Waals surface area contributed by atoms with Crippen LogP contribution in [0.5, 0.6) is 0 Å². The van der Waals surface area contributed by atoms with E-state index in [9.17, 15) is 4.79 Å². The molecule has 178 valence electrons. The van der Waals surface area contributed by atoms with Gasteiger partial charge in [0.1, 0.15) is 11.7 Å². The van der Waals surface area contributed by atoms with E-state index >= 15 is 0 Å². The lowest BCUT2D eigenvalue weighted by Crippen LogP contribution is -2.46. The largest absolute Gasteiger partial charge is 0.460 e. The monoisotopic (exact) mass is 454 g/mol. The van der Waals surface area contributed by atoms with Gasteiger partial charge >= 0.3 is 5.97 Å². The van der Waals surface area contributed by atoms with Gasteiger partial charge in [-0.2, -0.15) is 0 Å². The van der Waals surface area contributed by atoms with Crippen LogP contribution in [-0.2, 0) is 41.7 Å². The molecule has 1 heterocycles. The van der Waals surface area contributed by atoms with Crippen molar-refractivity contribution in [3.05, 3.63) is 71.8 Å². The molecular weight excluding hydrogens is 420 g/mol. The fraction of sp³-hybridized carbons (Fsp3) is 0.519. The summed E-state index contributed by atoms with van der Waals surface area (Å²) in [7, 11) is 1.63. The Labute approximate surface area is 196 Å². The minimum atomic E-state index is -0.539. The van der Waals surface area contributed by atoms with Crippen molar-refractivity contribution in [3.63, 3.8) is 0 Å². The van der Waals surface area contributed by atoms with E-state index in [0.717, 1.165) is 11.1 Å². The molecule has 1 aliphatic heterocycles. The fourth-order valence-electron chi connectivity index (χ4n) is 4.86. The summed E-state index contributed by atoms with van der Waals surface area (Å²) in [4.78, 5) is 12.7. The molecule has 2 fully saturated rings. The zero-order valence-electron chi connectivity index (χ0n) is 19.8. The van der Waals surface area contributed by atoms with Crippen LogP contribution < -0.4 is 0 Å². The molecule has 2 aromatic carbocycles. The predicted molar refractivity (Wildman–Crippen MR) is 123 cm³/mol. The number of rotatable bonds is 9. The van der Waals surface area contributed by atoms with Crippen LogP contribution >= 0.6 is 0 Å². The number of methoxy groups -OCH3 is 1. The number of benzene rings is 2. The van der Waals surface area contributed by atoms with E-state index in [1.807, 2.05) is 81.4 Å². The summed E-state index contributed by atoms with van der Waals surface area (Å²) < 4.78 is 30.3. The first-order valence-electron chi connectivity index (χ1n) is 11.6. The van der Waals surface area contributed by atoms with Gasteiger partial charge in [0.2, 0.25) is 0 Å². The van der Waals surface area contributed by atoms with Crippen molar-refractivity contribution >= 4 is 5.97 Å². The lowest BCUT2D eigenvalue weighted by molar-refractivity contribution is -0.236. The molecule has 1 saturated carbocycles. The molecule has 4 rings (SSSR count). The van der Waals surface area contributed by atoms with E-state index in [-0.39, 0.29) is 42.5 Å². The third-order valence-electron chi connectivity index (χ3n) is 6.17. The highest BCUT2D eigenvalue weighted by Crippen LogP contribution is 2.50. The van der Waals surface area contributed by atoms with Crippen LogP contribution in [0.25, 0.3) is 0 Å². The smallest absolute Gasteiger partial charge is 0.306 e. The summed E-state index contributed by atoms with van der Waals surface area (Å²) in [5, 5.41) is 0. The lowest BCUT2D eigenvalue weighted by atomic mass is 9.92. The summed E-state index contributed by atoms with van der Waals surface area (Å²) in [5.41, 5.74) is 1.62. The van der Waals surface area contributed by atoms with E-state index in [4.69, 9.17) is 23.7 Å². The van der Waals surface area contributed by atoms with Gasteiger partial charge in [0.15, 0.2) is 6.29 Å². The fourth-order valence-corrected chi connectivity index (χ4v) is 4.86. The van der Waals surface area contributed by atoms with Gasteiger partial charge in [0, 0.05) is 18.9 Å². The van der Waals surface area contributed by atoms with Gasteiger partial charge in [0.05, 0.1) is 31.8 Å². The van der Waals surface area contributed by atoms with Crippen molar-refractivity contribution < 1.29 is 28.5 Å². The van der Waals surface area contributed by atoms with Crippen molar-refractivity contribution in [2.45, 2.75) is 70.6 Å². The SMILES string of the molecule is CO[C@H]1O[C@@H]2[C@H](CC(=O)OC(C)(C)C)[C@H]1[C@@H](OCc1ccccc1)[C@H]2OCc1ccccc1. The first-order valence-corrected chi connectivity index (χ1v) is 11.6. The van der Waals surface area contributed by atoms with Gasteiger partial charge < -0.3 is 23.7 Å². The maximum absolute atomic E-state index is 12.7. The Morgan fingerprint density at radius 1 is 0.879 bits per heavy atom. The number of carbonyl (C=O) groups excluding carboxylic acids is 1. The molecule has 0 unspecified atom stereocenters. The molecule has 6 nitrogen and oxygen atoms in total. The Morgan fingerprint density at radius 2 is 1.42 bits per heavy atom. The average Bonchev–Trinajstić information content (AvgIpc) is 3.27. The Kier molecular flexibility index (Phi) is 7.49. The maximum Gasteiger partial charge on any atom is 0.306 e. The second-order valence-corrected chi connectivity index (χ2v) is 9.76. The lowest BCUT2D eigenvalue weighted by Gasteiger charge is -2.34. The van der Waals surface area contributed by atoms with Crippen LogP contribution in [-0.4, -0.2) is 43.3 Å². The molecule has 0 spiro atoms. The summed E-state index contributed by atoms with van der Waals surface area (Å²) in [6.07, 6.45) is -1.08. The van der Waals surface area contributed by atoms with Gasteiger partial charge in [-0.3, -0.25) is 4.79 Å². The quantitative estimate of drug-likeness (QED) is 0.520. The molecular formula is C27H34O6. The highest BCUT2D eigenvalue weighted by molar-refractivity contribution is 5.70. The number of hydrogen-bond donors (Lipinski definition) is 0. The minimum Gasteiger partial charge on any atom is -0.460 e. The van der Waals surface area contributed by atoms with Crippen LogP contribution in [0.2, 0.25) is 0 Å². The molecule has 0 aromatic heterocycles. The van der Waals surface area contributed by atoms with E-state index in [1.165, 1.54) is 0 Å². The molecule has 0 radical (unpaired) electrons. The van der Waals surface area contributed by atoms with Crippen molar-refractivity contribution in [1.82, 2.24) is 0 Å². The molecule has 0 N–H and O–H groups in total. The van der Waals surface area contributed by atoms with Gasteiger partial charge in [-0.15, -0.1) is 0 Å². The Morgan fingerprint density at radius 3 is 1.94 bits per heavy atom. The third-order valence-corrected chi connectivity index (χ3v) is 6.17. The van der Waals surface area contributed by atoms with Crippen LogP contribution in [0.15, 0.2) is 60.7 Å². The predicted octanol–water partition coefficient (Wildman–Crippen LogP) is 4.51. The van der Waals surface area contributed by atoms with Gasteiger partial charge in [-0.25, -0.2) is 0 Å². The maximum atomic E-state index is 12.7. The third kappa shape index (κ3) is 5.82. The Hall–Kier alpha value is -2.25. The standard InChI is InChI=1S/C27H34O6/c1-27(2,3)33-21(28)15-20-22-24(30-16-18-11-7-5-8-12-18)25(23(20)32-26(22)29-4)31-17-19-13-9-6-10-14-19/h5-14,20,22-26H,15-17H2,1-4H3/t20-,22+,23-,24-,25+,26+/m1/s1. The molecule has 2 aliphatic rings. The second kappa shape index (κ2) is 10.3. The van der Waals surface area contributed by atoms with Gasteiger partial charge in [0.25, 0.3) is 0 Å². The molecule has 0 amide bonds. The van der Waals surface area contributed by atoms with Crippen molar-refractivity contribution in [2.24, 2.45) is 11.8 Å². The zero-order valence-corrected chi connectivity index (χ0v) is 19.8. The topological polar surface area (TPSA) is 63.2 Å². The first-order chi connectivity index (χ1) is 15.9. The average molecular weight is 455 g/mol. The van der Waals surface area contributed by atoms with E-state index < -0.39 is 11.9 Å². The van der Waals surface area contributed by atoms with E-state index in [2.05, 4.69) is 0 Å². The summed E-state index contributed by atoms with van der Waals surface area (Å²) in [5.74, 6) is -0.475. The summed E-state index contributed by atoms with van der Waals surface area (Å²) in [6.45, 7) is 6.52. The van der Waals surface area contributed by atoms with Gasteiger partial charge in [-0.1, -0.05) is 60.7 Å². The summed E-state index contributed by atoms with van der Waals surface area (Å²) >= 11 is 0. The van der Waals surface area contributed by atoms with Crippen LogP contribution in [0, 0.1) is 11.8 Å². The number of carbonyl (C=O) groups is 1. The zero-order chi connectivity index (χ0) is 23.4. The van der Waals surface area contributed by atoms with Crippen LogP contribution in [0.1, 0.15) is 38.3 Å². The van der Waals surface area contributed by atoms with Crippen LogP contribution in [0.4, 0.5) is 0 Å². The number of hydrogen-bond acceptors (Lipinski definition) is 6. The Balaban J connectivity index is 1.53. The summed E-state index contributed by atoms with van der Waals surface area (Å²) in [6, 6.07) is 20.1. The molecule has 6 atom stereocenters. The van der Waals surface area contributed by atoms with Crippen molar-refractivity contribution in [1.29, 1.82) is 0 Å².